The largest absolute Gasteiger partial charge is 0.383 e. The lowest BCUT2D eigenvalue weighted by molar-refractivity contribution is -0.182. The Morgan fingerprint density at radius 1 is 1.24 bits per heavy atom. The maximum absolute atomic E-state index is 12.9. The van der Waals surface area contributed by atoms with Gasteiger partial charge in [-0.25, -0.2) is 8.78 Å². The summed E-state index contributed by atoms with van der Waals surface area (Å²) in [5.41, 5.74) is 0. The molecule has 0 unspecified atom stereocenters. The van der Waals surface area contributed by atoms with Crippen LogP contribution in [0.1, 0.15) is 0 Å². The molecule has 5 nitrogen and oxygen atoms in total. The van der Waals surface area contributed by atoms with Gasteiger partial charge in [0.05, 0.1) is 6.54 Å². The molecule has 0 aromatic rings. The summed E-state index contributed by atoms with van der Waals surface area (Å²) in [7, 11) is 0. The number of nitrogens with one attached hydrogen (secondary N) is 1. The van der Waals surface area contributed by atoms with Gasteiger partial charge in [0.1, 0.15) is 0 Å². The zero-order chi connectivity index (χ0) is 16.0. The van der Waals surface area contributed by atoms with E-state index in [2.05, 4.69) is 11.9 Å². The first kappa shape index (κ1) is 17.4. The predicted molar refractivity (Wildman–Crippen MR) is 67.2 cm³/mol. The molecule has 1 heterocycles. The standard InChI is InChI=1S/C12H17F4N3O2/c1-2-3-17-9(20)8-18-4-6-19(7-5-18)11(21)12(15,16)10(13)14/h2,10H,1,3-8H2,(H,17,20). The number of alkyl halides is 4. The summed E-state index contributed by atoms with van der Waals surface area (Å²) >= 11 is 0. The number of carbonyl (C=O) groups excluding carboxylic acids is 2. The second-order valence-electron chi connectivity index (χ2n) is 4.58. The summed E-state index contributed by atoms with van der Waals surface area (Å²) in [6.45, 7) is 3.93. The summed E-state index contributed by atoms with van der Waals surface area (Å²) in [5, 5.41) is 2.55. The molecular formula is C12H17F4N3O2. The fourth-order valence-corrected chi connectivity index (χ4v) is 1.86. The average molecular weight is 311 g/mol. The Labute approximate surface area is 119 Å². The molecule has 9 heteroatoms. The van der Waals surface area contributed by atoms with Gasteiger partial charge in [-0.15, -0.1) is 6.58 Å². The molecule has 1 rings (SSSR count). The molecule has 0 aliphatic carbocycles. The van der Waals surface area contributed by atoms with Gasteiger partial charge in [0.2, 0.25) is 5.91 Å². The van der Waals surface area contributed by atoms with Crippen molar-refractivity contribution < 1.29 is 27.2 Å². The highest BCUT2D eigenvalue weighted by atomic mass is 19.3. The molecule has 0 aromatic carbocycles. The van der Waals surface area contributed by atoms with Gasteiger partial charge in [-0.3, -0.25) is 14.5 Å². The summed E-state index contributed by atoms with van der Waals surface area (Å²) in [4.78, 5) is 25.1. The van der Waals surface area contributed by atoms with E-state index in [4.69, 9.17) is 0 Å². The molecule has 1 aliphatic heterocycles. The Hall–Kier alpha value is -1.64. The number of carbonyl (C=O) groups is 2. The van der Waals surface area contributed by atoms with Gasteiger partial charge in [0.25, 0.3) is 5.91 Å². The third-order valence-corrected chi connectivity index (χ3v) is 3.03. The minimum Gasteiger partial charge on any atom is -0.352 e. The molecule has 0 aromatic heterocycles. The lowest BCUT2D eigenvalue weighted by atomic mass is 10.2. The molecule has 1 aliphatic rings. The van der Waals surface area contributed by atoms with Crippen LogP contribution in [0.15, 0.2) is 12.7 Å². The minimum atomic E-state index is -4.66. The molecule has 0 bridgehead atoms. The predicted octanol–water partition coefficient (Wildman–Crippen LogP) is 0.333. The first-order valence-electron chi connectivity index (χ1n) is 6.34. The number of hydrogen-bond donors (Lipinski definition) is 1. The quantitative estimate of drug-likeness (QED) is 0.568. The average Bonchev–Trinajstić information content (AvgIpc) is 2.45. The first-order chi connectivity index (χ1) is 9.78. The smallest absolute Gasteiger partial charge is 0.352 e. The molecule has 0 spiro atoms. The van der Waals surface area contributed by atoms with Crippen molar-refractivity contribution in [2.75, 3.05) is 39.3 Å². The van der Waals surface area contributed by atoms with Crippen molar-refractivity contribution in [3.8, 4) is 0 Å². The Bertz CT molecular complexity index is 396. The van der Waals surface area contributed by atoms with E-state index in [0.29, 0.717) is 11.4 Å². The molecule has 2 amide bonds. The highest BCUT2D eigenvalue weighted by Crippen LogP contribution is 2.25. The van der Waals surface area contributed by atoms with Crippen LogP contribution >= 0.6 is 0 Å². The fourth-order valence-electron chi connectivity index (χ4n) is 1.86. The Balaban J connectivity index is 2.43. The number of halogens is 4. The van der Waals surface area contributed by atoms with Crippen LogP contribution in [0.2, 0.25) is 0 Å². The summed E-state index contributed by atoms with van der Waals surface area (Å²) in [5.74, 6) is -6.79. The second kappa shape index (κ2) is 7.39. The van der Waals surface area contributed by atoms with E-state index in [1.165, 1.54) is 6.08 Å². The van der Waals surface area contributed by atoms with Crippen molar-refractivity contribution >= 4 is 11.8 Å². The molecule has 21 heavy (non-hydrogen) atoms. The number of nitrogens with zero attached hydrogens (tertiary/aromatic N) is 2. The first-order valence-corrected chi connectivity index (χ1v) is 6.34. The van der Waals surface area contributed by atoms with E-state index >= 15 is 0 Å². The van der Waals surface area contributed by atoms with Gasteiger partial charge in [-0.05, 0) is 0 Å². The van der Waals surface area contributed by atoms with E-state index in [-0.39, 0.29) is 38.6 Å². The van der Waals surface area contributed by atoms with Crippen LogP contribution < -0.4 is 5.32 Å². The maximum atomic E-state index is 12.9. The van der Waals surface area contributed by atoms with Gasteiger partial charge < -0.3 is 10.2 Å². The summed E-state index contributed by atoms with van der Waals surface area (Å²) in [6, 6.07) is 0. The van der Waals surface area contributed by atoms with Crippen molar-refractivity contribution in [2.24, 2.45) is 0 Å². The van der Waals surface area contributed by atoms with Crippen LogP contribution in [0, 0.1) is 0 Å². The van der Waals surface area contributed by atoms with Gasteiger partial charge in [-0.2, -0.15) is 8.78 Å². The molecular weight excluding hydrogens is 294 g/mol. The number of rotatable bonds is 6. The van der Waals surface area contributed by atoms with Crippen molar-refractivity contribution in [3.05, 3.63) is 12.7 Å². The normalized spacial score (nSPS) is 16.9. The van der Waals surface area contributed by atoms with Crippen molar-refractivity contribution in [3.63, 3.8) is 0 Å². The number of amides is 2. The summed E-state index contributed by atoms with van der Waals surface area (Å²) < 4.78 is 50.1. The zero-order valence-electron chi connectivity index (χ0n) is 11.3. The van der Waals surface area contributed by atoms with Crippen LogP contribution in [0.5, 0.6) is 0 Å². The topological polar surface area (TPSA) is 52.7 Å². The highest BCUT2D eigenvalue weighted by Gasteiger charge is 2.51. The van der Waals surface area contributed by atoms with Gasteiger partial charge >= 0.3 is 12.3 Å². The van der Waals surface area contributed by atoms with Gasteiger partial charge in [0, 0.05) is 32.7 Å². The van der Waals surface area contributed by atoms with Crippen LogP contribution in [0.25, 0.3) is 0 Å². The zero-order valence-corrected chi connectivity index (χ0v) is 11.3. The van der Waals surface area contributed by atoms with Crippen molar-refractivity contribution in [2.45, 2.75) is 12.3 Å². The summed E-state index contributed by atoms with van der Waals surface area (Å²) in [6.07, 6.45) is -2.51. The minimum absolute atomic E-state index is 0.0567. The lowest BCUT2D eigenvalue weighted by Gasteiger charge is -2.35. The molecule has 120 valence electrons. The third-order valence-electron chi connectivity index (χ3n) is 3.03. The Kier molecular flexibility index (Phi) is 6.13. The van der Waals surface area contributed by atoms with E-state index < -0.39 is 18.3 Å². The molecule has 0 radical (unpaired) electrons. The highest BCUT2D eigenvalue weighted by molar-refractivity contribution is 5.84. The van der Waals surface area contributed by atoms with Crippen LogP contribution in [0.3, 0.4) is 0 Å². The monoisotopic (exact) mass is 311 g/mol. The molecule has 1 N–H and O–H groups in total. The van der Waals surface area contributed by atoms with Gasteiger partial charge in [-0.1, -0.05) is 6.08 Å². The SMILES string of the molecule is C=CCNC(=O)CN1CCN(C(=O)C(F)(F)C(F)F)CC1. The van der Waals surface area contributed by atoms with Gasteiger partial charge in [0.15, 0.2) is 0 Å². The molecule has 1 saturated heterocycles. The van der Waals surface area contributed by atoms with Crippen LogP contribution in [0.4, 0.5) is 17.6 Å². The van der Waals surface area contributed by atoms with E-state index in [0.717, 1.165) is 0 Å². The molecule has 0 saturated carbocycles. The van der Waals surface area contributed by atoms with Crippen molar-refractivity contribution in [1.82, 2.24) is 15.1 Å². The maximum Gasteiger partial charge on any atom is 0.383 e. The van der Waals surface area contributed by atoms with Crippen LogP contribution in [-0.2, 0) is 9.59 Å². The van der Waals surface area contributed by atoms with E-state index in [1.54, 1.807) is 4.90 Å². The van der Waals surface area contributed by atoms with E-state index in [1.807, 2.05) is 0 Å². The Morgan fingerprint density at radius 3 is 2.29 bits per heavy atom. The number of hydrogen-bond acceptors (Lipinski definition) is 3. The third kappa shape index (κ3) is 4.69. The lowest BCUT2D eigenvalue weighted by Crippen LogP contribution is -2.56. The van der Waals surface area contributed by atoms with E-state index in [9.17, 15) is 27.2 Å². The van der Waals surface area contributed by atoms with Crippen LogP contribution in [-0.4, -0.2) is 73.2 Å². The number of piperazine rings is 1. The Morgan fingerprint density at radius 2 is 1.81 bits per heavy atom. The second-order valence-corrected chi connectivity index (χ2v) is 4.58. The van der Waals surface area contributed by atoms with Crippen molar-refractivity contribution in [1.29, 1.82) is 0 Å². The fraction of sp³-hybridized carbons (Fsp3) is 0.667. The molecule has 0 atom stereocenters. The molecule has 1 fully saturated rings.